The highest BCUT2D eigenvalue weighted by Crippen LogP contribution is 2.26. The Morgan fingerprint density at radius 1 is 1.19 bits per heavy atom. The second-order valence-electron chi connectivity index (χ2n) is 3.26. The number of halogens is 1. The van der Waals surface area contributed by atoms with E-state index in [-0.39, 0.29) is 5.82 Å². The molecule has 0 bridgehead atoms. The normalized spacial score (nSPS) is 10.4. The van der Waals surface area contributed by atoms with Gasteiger partial charge in [0.05, 0.1) is 0 Å². The zero-order chi connectivity index (χ0) is 11.4. The minimum atomic E-state index is -0.229. The van der Waals surface area contributed by atoms with E-state index in [2.05, 4.69) is 4.98 Å². The van der Waals surface area contributed by atoms with Gasteiger partial charge in [-0.05, 0) is 42.0 Å². The van der Waals surface area contributed by atoms with E-state index >= 15 is 0 Å². The summed E-state index contributed by atoms with van der Waals surface area (Å²) < 4.78 is 12.7. The first-order valence-corrected chi connectivity index (χ1v) is 5.68. The van der Waals surface area contributed by atoms with E-state index in [1.54, 1.807) is 18.3 Å². The standard InChI is InChI=1S/C12H11FN2S/c13-10-1-3-11(4-2-10)16-12-7-9(8-14)5-6-15-12/h1-7H,8,14H2. The van der Waals surface area contributed by atoms with E-state index in [1.807, 2.05) is 12.1 Å². The van der Waals surface area contributed by atoms with Crippen molar-refractivity contribution in [2.45, 2.75) is 16.5 Å². The van der Waals surface area contributed by atoms with Crippen molar-refractivity contribution < 1.29 is 4.39 Å². The topological polar surface area (TPSA) is 38.9 Å². The molecule has 0 atom stereocenters. The lowest BCUT2D eigenvalue weighted by Crippen LogP contribution is -1.96. The van der Waals surface area contributed by atoms with E-state index in [0.29, 0.717) is 6.54 Å². The van der Waals surface area contributed by atoms with Crippen LogP contribution in [0.3, 0.4) is 0 Å². The summed E-state index contributed by atoms with van der Waals surface area (Å²) in [5, 5.41) is 0.870. The number of hydrogen-bond donors (Lipinski definition) is 1. The molecule has 0 saturated heterocycles. The van der Waals surface area contributed by atoms with E-state index < -0.39 is 0 Å². The monoisotopic (exact) mass is 234 g/mol. The Labute approximate surface area is 97.7 Å². The van der Waals surface area contributed by atoms with Crippen LogP contribution in [0.25, 0.3) is 0 Å². The molecule has 0 radical (unpaired) electrons. The lowest BCUT2D eigenvalue weighted by atomic mass is 10.3. The molecular weight excluding hydrogens is 223 g/mol. The van der Waals surface area contributed by atoms with Crippen LogP contribution in [0.5, 0.6) is 0 Å². The maximum Gasteiger partial charge on any atom is 0.123 e. The van der Waals surface area contributed by atoms with Gasteiger partial charge in [0.25, 0.3) is 0 Å². The van der Waals surface area contributed by atoms with Crippen LogP contribution in [0.4, 0.5) is 4.39 Å². The molecule has 0 aliphatic carbocycles. The first kappa shape index (κ1) is 11.1. The molecule has 1 aromatic carbocycles. The molecule has 82 valence electrons. The summed E-state index contributed by atoms with van der Waals surface area (Å²) in [7, 11) is 0. The maximum atomic E-state index is 12.7. The molecule has 2 nitrogen and oxygen atoms in total. The average molecular weight is 234 g/mol. The maximum absolute atomic E-state index is 12.7. The van der Waals surface area contributed by atoms with Crippen LogP contribution < -0.4 is 5.73 Å². The molecule has 0 fully saturated rings. The number of aromatic nitrogens is 1. The van der Waals surface area contributed by atoms with Crippen molar-refractivity contribution in [3.8, 4) is 0 Å². The predicted octanol–water partition coefficient (Wildman–Crippen LogP) is 2.83. The van der Waals surface area contributed by atoms with Crippen molar-refractivity contribution in [1.82, 2.24) is 4.98 Å². The molecule has 16 heavy (non-hydrogen) atoms. The van der Waals surface area contributed by atoms with Crippen molar-refractivity contribution in [2.75, 3.05) is 0 Å². The molecule has 0 aliphatic heterocycles. The summed E-state index contributed by atoms with van der Waals surface area (Å²) in [6.07, 6.45) is 1.73. The van der Waals surface area contributed by atoms with Crippen LogP contribution in [0, 0.1) is 5.82 Å². The summed E-state index contributed by atoms with van der Waals surface area (Å²) in [5.74, 6) is -0.229. The Hall–Kier alpha value is -1.39. The van der Waals surface area contributed by atoms with Gasteiger partial charge in [-0.15, -0.1) is 0 Å². The lowest BCUT2D eigenvalue weighted by Gasteiger charge is -2.02. The molecule has 2 N–H and O–H groups in total. The Morgan fingerprint density at radius 3 is 2.62 bits per heavy atom. The highest BCUT2D eigenvalue weighted by molar-refractivity contribution is 7.99. The van der Waals surface area contributed by atoms with Crippen LogP contribution in [0.2, 0.25) is 0 Å². The summed E-state index contributed by atoms with van der Waals surface area (Å²) in [6.45, 7) is 0.500. The van der Waals surface area contributed by atoms with Crippen LogP contribution in [-0.2, 0) is 6.54 Å². The predicted molar refractivity (Wildman–Crippen MR) is 62.7 cm³/mol. The lowest BCUT2D eigenvalue weighted by molar-refractivity contribution is 0.626. The molecule has 2 aromatic rings. The van der Waals surface area contributed by atoms with Crippen LogP contribution >= 0.6 is 11.8 Å². The second kappa shape index (κ2) is 5.09. The fourth-order valence-corrected chi connectivity index (χ4v) is 2.09. The van der Waals surface area contributed by atoms with Crippen molar-refractivity contribution >= 4 is 11.8 Å². The van der Waals surface area contributed by atoms with Gasteiger partial charge in [-0.1, -0.05) is 11.8 Å². The molecular formula is C12H11FN2S. The fraction of sp³-hybridized carbons (Fsp3) is 0.0833. The number of pyridine rings is 1. The Morgan fingerprint density at radius 2 is 1.94 bits per heavy atom. The summed E-state index contributed by atoms with van der Waals surface area (Å²) in [6, 6.07) is 10.2. The third kappa shape index (κ3) is 2.81. The van der Waals surface area contributed by atoms with Gasteiger partial charge in [-0.2, -0.15) is 0 Å². The van der Waals surface area contributed by atoms with Gasteiger partial charge >= 0.3 is 0 Å². The molecule has 0 aliphatic rings. The van der Waals surface area contributed by atoms with E-state index in [9.17, 15) is 4.39 Å². The zero-order valence-corrected chi connectivity index (χ0v) is 9.38. The highest BCUT2D eigenvalue weighted by atomic mass is 32.2. The fourth-order valence-electron chi connectivity index (χ4n) is 1.26. The Kier molecular flexibility index (Phi) is 3.54. The van der Waals surface area contributed by atoms with Crippen LogP contribution in [0.15, 0.2) is 52.5 Å². The zero-order valence-electron chi connectivity index (χ0n) is 8.56. The highest BCUT2D eigenvalue weighted by Gasteiger charge is 2.00. The van der Waals surface area contributed by atoms with Crippen molar-refractivity contribution in [3.63, 3.8) is 0 Å². The molecule has 0 spiro atoms. The minimum absolute atomic E-state index is 0.229. The Balaban J connectivity index is 2.16. The van der Waals surface area contributed by atoms with Crippen molar-refractivity contribution in [3.05, 3.63) is 54.0 Å². The van der Waals surface area contributed by atoms with Crippen LogP contribution in [0.1, 0.15) is 5.56 Å². The number of rotatable bonds is 3. The first-order chi connectivity index (χ1) is 7.78. The Bertz CT molecular complexity index is 471. The van der Waals surface area contributed by atoms with E-state index in [1.165, 1.54) is 23.9 Å². The molecule has 0 amide bonds. The molecule has 2 rings (SSSR count). The van der Waals surface area contributed by atoms with Crippen molar-refractivity contribution in [2.24, 2.45) is 5.73 Å². The van der Waals surface area contributed by atoms with Gasteiger partial charge in [0.15, 0.2) is 0 Å². The van der Waals surface area contributed by atoms with Gasteiger partial charge in [-0.3, -0.25) is 0 Å². The van der Waals surface area contributed by atoms with Crippen molar-refractivity contribution in [1.29, 1.82) is 0 Å². The van der Waals surface area contributed by atoms with E-state index in [4.69, 9.17) is 5.73 Å². The average Bonchev–Trinajstić information content (AvgIpc) is 2.32. The SMILES string of the molecule is NCc1ccnc(Sc2ccc(F)cc2)c1. The largest absolute Gasteiger partial charge is 0.326 e. The smallest absolute Gasteiger partial charge is 0.123 e. The van der Waals surface area contributed by atoms with E-state index in [0.717, 1.165) is 15.5 Å². The third-order valence-electron chi connectivity index (χ3n) is 2.07. The first-order valence-electron chi connectivity index (χ1n) is 4.86. The van der Waals surface area contributed by atoms with Crippen LogP contribution in [-0.4, -0.2) is 4.98 Å². The number of benzene rings is 1. The third-order valence-corrected chi connectivity index (χ3v) is 3.01. The second-order valence-corrected chi connectivity index (χ2v) is 4.36. The number of nitrogens with two attached hydrogens (primary N) is 1. The summed E-state index contributed by atoms with van der Waals surface area (Å²) in [4.78, 5) is 5.18. The minimum Gasteiger partial charge on any atom is -0.326 e. The molecule has 4 heteroatoms. The molecule has 1 heterocycles. The summed E-state index contributed by atoms with van der Waals surface area (Å²) in [5.41, 5.74) is 6.59. The number of hydrogen-bond acceptors (Lipinski definition) is 3. The molecule has 1 aromatic heterocycles. The molecule has 0 unspecified atom stereocenters. The van der Waals surface area contributed by atoms with Gasteiger partial charge in [-0.25, -0.2) is 9.37 Å². The molecule has 0 saturated carbocycles. The van der Waals surface area contributed by atoms with Gasteiger partial charge in [0.1, 0.15) is 10.8 Å². The summed E-state index contributed by atoms with van der Waals surface area (Å²) >= 11 is 1.49. The quantitative estimate of drug-likeness (QED) is 0.887. The van der Waals surface area contributed by atoms with Gasteiger partial charge < -0.3 is 5.73 Å². The van der Waals surface area contributed by atoms with Gasteiger partial charge in [0.2, 0.25) is 0 Å². The van der Waals surface area contributed by atoms with Gasteiger partial charge in [0, 0.05) is 17.6 Å². The number of nitrogens with zero attached hydrogens (tertiary/aromatic N) is 1.